The first-order valence-corrected chi connectivity index (χ1v) is 11.8. The molecule has 7 nitrogen and oxygen atoms in total. The SMILES string of the molecule is O=C1NCCNC(=O)C2(C/C=C/COc3ccccc31)CCN(C(=O)c1cccc(Cl)c1)CC2. The minimum absolute atomic E-state index is 0.0559. The largest absolute Gasteiger partial charge is 0.489 e. The Bertz CT molecular complexity index is 1090. The average Bonchev–Trinajstić information content (AvgIpc) is 2.86. The summed E-state index contributed by atoms with van der Waals surface area (Å²) < 4.78 is 5.80. The summed E-state index contributed by atoms with van der Waals surface area (Å²) in [5.74, 6) is 0.144. The highest BCUT2D eigenvalue weighted by Gasteiger charge is 2.41. The number of benzene rings is 2. The normalized spacial score (nSPS) is 19.7. The van der Waals surface area contributed by atoms with Crippen molar-refractivity contribution < 1.29 is 19.1 Å². The number of piperidine rings is 1. The molecule has 1 saturated heterocycles. The van der Waals surface area contributed by atoms with Gasteiger partial charge in [-0.1, -0.05) is 42.0 Å². The highest BCUT2D eigenvalue weighted by atomic mass is 35.5. The number of hydrogen-bond acceptors (Lipinski definition) is 4. The number of nitrogens with zero attached hydrogens (tertiary/aromatic N) is 1. The van der Waals surface area contributed by atoms with Crippen LogP contribution in [0.25, 0.3) is 0 Å². The fraction of sp³-hybridized carbons (Fsp3) is 0.346. The van der Waals surface area contributed by atoms with Gasteiger partial charge in [-0.25, -0.2) is 0 Å². The first-order chi connectivity index (χ1) is 16.5. The van der Waals surface area contributed by atoms with Gasteiger partial charge in [0, 0.05) is 36.8 Å². The second-order valence-electron chi connectivity index (χ2n) is 8.58. The van der Waals surface area contributed by atoms with Crippen molar-refractivity contribution in [3.63, 3.8) is 0 Å². The maximum Gasteiger partial charge on any atom is 0.255 e. The van der Waals surface area contributed by atoms with Crippen LogP contribution in [0.2, 0.25) is 5.02 Å². The molecular weight excluding hydrogens is 454 g/mol. The van der Waals surface area contributed by atoms with Gasteiger partial charge in [-0.2, -0.15) is 0 Å². The van der Waals surface area contributed by atoms with Crippen molar-refractivity contribution in [2.75, 3.05) is 32.8 Å². The Morgan fingerprint density at radius 1 is 0.971 bits per heavy atom. The summed E-state index contributed by atoms with van der Waals surface area (Å²) in [5.41, 5.74) is 0.396. The summed E-state index contributed by atoms with van der Waals surface area (Å²) >= 11 is 6.04. The summed E-state index contributed by atoms with van der Waals surface area (Å²) in [5, 5.41) is 6.34. The molecule has 0 aromatic heterocycles. The first-order valence-electron chi connectivity index (χ1n) is 11.5. The van der Waals surface area contributed by atoms with E-state index in [-0.39, 0.29) is 17.7 Å². The minimum atomic E-state index is -0.617. The van der Waals surface area contributed by atoms with Crippen LogP contribution in [0, 0.1) is 5.41 Å². The number of hydrogen-bond donors (Lipinski definition) is 2. The van der Waals surface area contributed by atoms with Crippen molar-refractivity contribution in [1.29, 1.82) is 0 Å². The van der Waals surface area contributed by atoms with E-state index in [1.807, 2.05) is 18.2 Å². The van der Waals surface area contributed by atoms with Crippen LogP contribution in [0.3, 0.4) is 0 Å². The van der Waals surface area contributed by atoms with Crippen LogP contribution in [0.4, 0.5) is 0 Å². The molecule has 2 aromatic rings. The molecular formula is C26H28ClN3O4. The van der Waals surface area contributed by atoms with E-state index >= 15 is 0 Å². The van der Waals surface area contributed by atoms with E-state index in [2.05, 4.69) is 10.6 Å². The molecule has 4 rings (SSSR count). The number of ether oxygens (including phenoxy) is 1. The van der Waals surface area contributed by atoms with Gasteiger partial charge in [0.2, 0.25) is 5.91 Å². The summed E-state index contributed by atoms with van der Waals surface area (Å²) in [7, 11) is 0. The van der Waals surface area contributed by atoms with E-state index in [1.54, 1.807) is 47.4 Å². The fourth-order valence-corrected chi connectivity index (χ4v) is 4.59. The predicted molar refractivity (Wildman–Crippen MR) is 130 cm³/mol. The number of carbonyl (C=O) groups is 3. The molecule has 0 unspecified atom stereocenters. The standard InChI is InChI=1S/C26H28ClN3O4/c27-20-7-5-6-19(18-20)24(32)30-15-11-26(12-16-30)10-3-4-17-34-22-9-2-1-8-21(22)23(31)28-13-14-29-25(26)33/h1-9,18H,10-17H2,(H,28,31)(H,29,33)/b4-3+. The molecule has 2 aliphatic rings. The molecule has 1 fully saturated rings. The predicted octanol–water partition coefficient (Wildman–Crippen LogP) is 3.45. The molecule has 1 spiro atoms. The number of nitrogens with one attached hydrogen (secondary N) is 2. The van der Waals surface area contributed by atoms with E-state index in [4.69, 9.17) is 16.3 Å². The number of halogens is 1. The Morgan fingerprint density at radius 2 is 1.74 bits per heavy atom. The Kier molecular flexibility index (Phi) is 7.53. The molecule has 34 heavy (non-hydrogen) atoms. The number of carbonyl (C=O) groups excluding carboxylic acids is 3. The van der Waals surface area contributed by atoms with Crippen LogP contribution in [0.15, 0.2) is 60.7 Å². The van der Waals surface area contributed by atoms with Crippen molar-refractivity contribution in [1.82, 2.24) is 15.5 Å². The Morgan fingerprint density at radius 3 is 2.53 bits per heavy atom. The Balaban J connectivity index is 1.45. The number of likely N-dealkylation sites (tertiary alicyclic amines) is 1. The Hall–Kier alpha value is -3.32. The quantitative estimate of drug-likeness (QED) is 0.611. The lowest BCUT2D eigenvalue weighted by Gasteiger charge is -2.40. The zero-order chi connectivity index (χ0) is 24.0. The summed E-state index contributed by atoms with van der Waals surface area (Å²) in [6.07, 6.45) is 5.48. The highest BCUT2D eigenvalue weighted by Crippen LogP contribution is 2.36. The van der Waals surface area contributed by atoms with Gasteiger partial charge < -0.3 is 20.3 Å². The average molecular weight is 482 g/mol. The number of amides is 3. The third-order valence-electron chi connectivity index (χ3n) is 6.40. The molecule has 2 aromatic carbocycles. The number of fused-ring (bicyclic) bond motifs is 1. The maximum atomic E-state index is 13.2. The summed E-state index contributed by atoms with van der Waals surface area (Å²) in [6.45, 7) is 1.89. The van der Waals surface area contributed by atoms with Crippen LogP contribution in [0.1, 0.15) is 40.0 Å². The molecule has 2 aliphatic heterocycles. The van der Waals surface area contributed by atoms with Gasteiger partial charge in [-0.15, -0.1) is 0 Å². The van der Waals surface area contributed by atoms with Crippen molar-refractivity contribution in [2.24, 2.45) is 5.41 Å². The lowest BCUT2D eigenvalue weighted by atomic mass is 9.74. The van der Waals surface area contributed by atoms with E-state index < -0.39 is 5.41 Å². The second kappa shape index (κ2) is 10.7. The van der Waals surface area contributed by atoms with Gasteiger partial charge >= 0.3 is 0 Å². The van der Waals surface area contributed by atoms with Gasteiger partial charge in [-0.3, -0.25) is 14.4 Å². The van der Waals surface area contributed by atoms with Gasteiger partial charge in [-0.05, 0) is 49.6 Å². The van der Waals surface area contributed by atoms with Crippen molar-refractivity contribution in [3.05, 3.63) is 76.8 Å². The lowest BCUT2D eigenvalue weighted by Crippen LogP contribution is -2.51. The van der Waals surface area contributed by atoms with E-state index in [0.717, 1.165) is 0 Å². The van der Waals surface area contributed by atoms with Gasteiger partial charge in [0.1, 0.15) is 12.4 Å². The molecule has 2 heterocycles. The third-order valence-corrected chi connectivity index (χ3v) is 6.63. The van der Waals surface area contributed by atoms with Crippen molar-refractivity contribution >= 4 is 29.3 Å². The number of para-hydroxylation sites is 1. The molecule has 178 valence electrons. The Labute approximate surface area is 204 Å². The van der Waals surface area contributed by atoms with E-state index in [9.17, 15) is 14.4 Å². The number of allylic oxidation sites excluding steroid dienone is 1. The van der Waals surface area contributed by atoms with E-state index in [1.165, 1.54) is 0 Å². The smallest absolute Gasteiger partial charge is 0.255 e. The van der Waals surface area contributed by atoms with Gasteiger partial charge in [0.25, 0.3) is 11.8 Å². The zero-order valence-electron chi connectivity index (χ0n) is 18.9. The fourth-order valence-electron chi connectivity index (χ4n) is 4.40. The summed E-state index contributed by atoms with van der Waals surface area (Å²) in [4.78, 5) is 40.4. The van der Waals surface area contributed by atoms with Gasteiger partial charge in [0.15, 0.2) is 0 Å². The lowest BCUT2D eigenvalue weighted by molar-refractivity contribution is -0.133. The molecule has 0 bridgehead atoms. The highest BCUT2D eigenvalue weighted by molar-refractivity contribution is 6.30. The minimum Gasteiger partial charge on any atom is -0.489 e. The third kappa shape index (κ3) is 5.42. The second-order valence-corrected chi connectivity index (χ2v) is 9.01. The van der Waals surface area contributed by atoms with Crippen molar-refractivity contribution in [2.45, 2.75) is 19.3 Å². The van der Waals surface area contributed by atoms with Crippen LogP contribution >= 0.6 is 11.6 Å². The first kappa shape index (κ1) is 23.8. The zero-order valence-corrected chi connectivity index (χ0v) is 19.6. The van der Waals surface area contributed by atoms with Crippen LogP contribution in [-0.2, 0) is 4.79 Å². The summed E-state index contributed by atoms with van der Waals surface area (Å²) in [6, 6.07) is 14.0. The van der Waals surface area contributed by atoms with Crippen LogP contribution in [-0.4, -0.2) is 55.4 Å². The molecule has 0 aliphatic carbocycles. The molecule has 2 N–H and O–H groups in total. The molecule has 0 saturated carbocycles. The maximum absolute atomic E-state index is 13.2. The van der Waals surface area contributed by atoms with Crippen LogP contribution < -0.4 is 15.4 Å². The molecule has 3 amide bonds. The van der Waals surface area contributed by atoms with E-state index in [0.29, 0.717) is 73.9 Å². The topological polar surface area (TPSA) is 87.7 Å². The molecule has 0 radical (unpaired) electrons. The number of rotatable bonds is 1. The van der Waals surface area contributed by atoms with Gasteiger partial charge in [0.05, 0.1) is 11.0 Å². The van der Waals surface area contributed by atoms with Crippen LogP contribution in [0.5, 0.6) is 5.75 Å². The van der Waals surface area contributed by atoms with Crippen molar-refractivity contribution in [3.8, 4) is 5.75 Å². The molecule has 8 heteroatoms. The monoisotopic (exact) mass is 481 g/mol. The molecule has 0 atom stereocenters.